The molecule has 0 radical (unpaired) electrons. The number of para-hydroxylation sites is 1. The Bertz CT molecular complexity index is 2480. The summed E-state index contributed by atoms with van der Waals surface area (Å²) in [6.45, 7) is 9.52. The summed E-state index contributed by atoms with van der Waals surface area (Å²) >= 11 is 0. The summed E-state index contributed by atoms with van der Waals surface area (Å²) in [5, 5.41) is 2.68. The number of anilines is 2. The van der Waals surface area contributed by atoms with Gasteiger partial charge < -0.3 is 9.47 Å². The van der Waals surface area contributed by atoms with Gasteiger partial charge in [0, 0.05) is 45.7 Å². The van der Waals surface area contributed by atoms with Crippen LogP contribution in [0.15, 0.2) is 145 Å². The lowest BCUT2D eigenvalue weighted by Crippen LogP contribution is -2.28. The van der Waals surface area contributed by atoms with Crippen LogP contribution in [-0.2, 0) is 10.8 Å². The molecule has 0 unspecified atom stereocenters. The van der Waals surface area contributed by atoms with E-state index in [1.807, 2.05) is 0 Å². The van der Waals surface area contributed by atoms with Gasteiger partial charge in [-0.1, -0.05) is 131 Å². The highest BCUT2D eigenvalue weighted by Crippen LogP contribution is 2.52. The molecule has 3 aliphatic carbocycles. The Hall–Kier alpha value is -5.34. The molecule has 0 bridgehead atoms. The molecule has 4 aliphatic rings. The van der Waals surface area contributed by atoms with Crippen molar-refractivity contribution in [1.82, 2.24) is 4.57 Å². The van der Waals surface area contributed by atoms with Crippen molar-refractivity contribution in [2.45, 2.75) is 64.2 Å². The smallest absolute Gasteiger partial charge is 0.0581 e. The number of nitrogens with zero attached hydrogens (tertiary/aromatic N) is 2. The second-order valence-electron chi connectivity index (χ2n) is 15.7. The molecule has 1 aliphatic heterocycles. The van der Waals surface area contributed by atoms with Crippen LogP contribution in [0.4, 0.5) is 11.4 Å². The lowest BCUT2D eigenvalue weighted by Gasteiger charge is -2.37. The summed E-state index contributed by atoms with van der Waals surface area (Å²) in [5.74, 6) is 0. The van der Waals surface area contributed by atoms with Gasteiger partial charge in [-0.2, -0.15) is 0 Å². The second-order valence-corrected chi connectivity index (χ2v) is 15.7. The molecule has 10 rings (SSSR count). The average Bonchev–Trinajstić information content (AvgIpc) is 3.63. The second kappa shape index (κ2) is 11.9. The Balaban J connectivity index is 0.000000246. The van der Waals surface area contributed by atoms with Crippen molar-refractivity contribution in [3.05, 3.63) is 167 Å². The molecule has 2 nitrogen and oxygen atoms in total. The molecule has 0 saturated heterocycles. The van der Waals surface area contributed by atoms with Gasteiger partial charge in [-0.3, -0.25) is 0 Å². The van der Waals surface area contributed by atoms with Crippen LogP contribution in [0.25, 0.3) is 44.2 Å². The zero-order valence-electron chi connectivity index (χ0n) is 30.5. The summed E-state index contributed by atoms with van der Waals surface area (Å²) in [5.41, 5.74) is 17.9. The summed E-state index contributed by atoms with van der Waals surface area (Å²) < 4.78 is 2.54. The molecule has 0 amide bonds. The number of hydrogen-bond acceptors (Lipinski definition) is 1. The van der Waals surface area contributed by atoms with Gasteiger partial charge in [0.05, 0.1) is 11.0 Å². The van der Waals surface area contributed by atoms with E-state index in [0.29, 0.717) is 0 Å². The van der Waals surface area contributed by atoms with Gasteiger partial charge in [-0.05, 0) is 107 Å². The third-order valence-corrected chi connectivity index (χ3v) is 12.1. The normalized spacial score (nSPS) is 17.4. The first-order valence-electron chi connectivity index (χ1n) is 18.6. The average molecular weight is 663 g/mol. The highest BCUT2D eigenvalue weighted by atomic mass is 15.1. The van der Waals surface area contributed by atoms with Crippen molar-refractivity contribution in [1.29, 1.82) is 0 Å². The lowest BCUT2D eigenvalue weighted by atomic mass is 9.71. The van der Waals surface area contributed by atoms with E-state index in [0.717, 1.165) is 12.8 Å². The maximum absolute atomic E-state index is 2.54. The quantitative estimate of drug-likeness (QED) is 0.183. The minimum absolute atomic E-state index is 0.00243. The Morgan fingerprint density at radius 2 is 1.33 bits per heavy atom. The maximum atomic E-state index is 2.54. The van der Waals surface area contributed by atoms with Gasteiger partial charge in [-0.15, -0.1) is 0 Å². The Labute approximate surface area is 302 Å². The summed E-state index contributed by atoms with van der Waals surface area (Å²) in [4.78, 5) is 2.35. The number of rotatable bonds is 3. The monoisotopic (exact) mass is 662 g/mol. The Morgan fingerprint density at radius 1 is 0.608 bits per heavy atom. The van der Waals surface area contributed by atoms with Crippen LogP contribution in [0.1, 0.15) is 75.6 Å². The van der Waals surface area contributed by atoms with Gasteiger partial charge in [0.2, 0.25) is 0 Å². The van der Waals surface area contributed by atoms with Crippen molar-refractivity contribution < 1.29 is 0 Å². The van der Waals surface area contributed by atoms with Crippen LogP contribution in [0.3, 0.4) is 0 Å². The van der Waals surface area contributed by atoms with E-state index in [4.69, 9.17) is 0 Å². The minimum Gasteiger partial charge on any atom is -0.345 e. The predicted molar refractivity (Wildman–Crippen MR) is 219 cm³/mol. The standard InChI is InChI=1S/C37H34N2.C12H12/c1-36(2)29-13-7-6-11-25(29)26-19-17-24(22-32(26)36)38(5)23-18-20-33-28(21-23)27-12-10-15-31-35(27)39(33)34-16-9-8-14-30(34)37(31,3)4;1-3-7-11(8-4-1)12-9-5-2-6-10-12/h6-7,9-13,15-22H,8,14H2,1-5H3;1-5,7-9H,6,10H2. The van der Waals surface area contributed by atoms with Gasteiger partial charge in [0.15, 0.2) is 0 Å². The molecule has 252 valence electrons. The SMILES string of the molecule is C1=CCCC(c2ccccc2)=C1.CN(c1ccc2c(c1)C(C)(C)c1ccccc1-2)c1ccc2c(c1)c1cccc3c1n2C1=C(CCC=C1)C3(C)C. The van der Waals surface area contributed by atoms with Crippen molar-refractivity contribution in [2.75, 3.05) is 11.9 Å². The number of benzene rings is 5. The maximum Gasteiger partial charge on any atom is 0.0581 e. The number of aromatic nitrogens is 1. The first kappa shape index (κ1) is 31.6. The topological polar surface area (TPSA) is 8.17 Å². The number of fused-ring (bicyclic) bond motifs is 7. The van der Waals surface area contributed by atoms with Crippen LogP contribution in [0.2, 0.25) is 0 Å². The largest absolute Gasteiger partial charge is 0.345 e. The van der Waals surface area contributed by atoms with Gasteiger partial charge in [0.1, 0.15) is 0 Å². The third kappa shape index (κ3) is 4.91. The van der Waals surface area contributed by atoms with E-state index in [9.17, 15) is 0 Å². The molecule has 0 atom stereocenters. The molecule has 51 heavy (non-hydrogen) atoms. The van der Waals surface area contributed by atoms with Crippen LogP contribution in [-0.4, -0.2) is 11.6 Å². The van der Waals surface area contributed by atoms with Crippen LogP contribution < -0.4 is 4.90 Å². The van der Waals surface area contributed by atoms with Crippen molar-refractivity contribution in [3.8, 4) is 11.1 Å². The highest BCUT2D eigenvalue weighted by molar-refractivity contribution is 6.14. The van der Waals surface area contributed by atoms with Crippen LogP contribution >= 0.6 is 0 Å². The van der Waals surface area contributed by atoms with E-state index >= 15 is 0 Å². The van der Waals surface area contributed by atoms with Crippen molar-refractivity contribution in [3.63, 3.8) is 0 Å². The summed E-state index contributed by atoms with van der Waals surface area (Å²) in [6, 6.07) is 40.4. The Morgan fingerprint density at radius 3 is 2.16 bits per heavy atom. The Kier molecular flexibility index (Phi) is 7.37. The first-order chi connectivity index (χ1) is 24.7. The predicted octanol–water partition coefficient (Wildman–Crippen LogP) is 13.1. The zero-order chi connectivity index (χ0) is 34.9. The molecule has 0 saturated carbocycles. The first-order valence-corrected chi connectivity index (χ1v) is 18.6. The van der Waals surface area contributed by atoms with Gasteiger partial charge in [0.25, 0.3) is 0 Å². The van der Waals surface area contributed by atoms with E-state index in [1.165, 1.54) is 90.7 Å². The van der Waals surface area contributed by atoms with Crippen LogP contribution in [0.5, 0.6) is 0 Å². The number of allylic oxidation sites excluding steroid dienone is 8. The van der Waals surface area contributed by atoms with Crippen LogP contribution in [0, 0.1) is 0 Å². The fourth-order valence-electron chi connectivity index (χ4n) is 9.22. The fourth-order valence-corrected chi connectivity index (χ4v) is 9.22. The molecule has 0 N–H and O–H groups in total. The highest BCUT2D eigenvalue weighted by Gasteiger charge is 2.37. The van der Waals surface area contributed by atoms with E-state index in [2.05, 4.69) is 184 Å². The third-order valence-electron chi connectivity index (χ3n) is 12.1. The van der Waals surface area contributed by atoms with E-state index < -0.39 is 0 Å². The molecule has 1 aromatic heterocycles. The fraction of sp³-hybridized carbons (Fsp3) is 0.224. The molecule has 6 aromatic rings. The molecular formula is C49H46N2. The van der Waals surface area contributed by atoms with E-state index in [1.54, 1.807) is 5.57 Å². The van der Waals surface area contributed by atoms with Gasteiger partial charge in [-0.25, -0.2) is 0 Å². The van der Waals surface area contributed by atoms with Crippen molar-refractivity contribution >= 4 is 44.5 Å². The summed E-state index contributed by atoms with van der Waals surface area (Å²) in [7, 11) is 2.20. The van der Waals surface area contributed by atoms with E-state index in [-0.39, 0.29) is 10.8 Å². The van der Waals surface area contributed by atoms with Gasteiger partial charge >= 0.3 is 0 Å². The van der Waals surface area contributed by atoms with Crippen molar-refractivity contribution in [2.24, 2.45) is 0 Å². The lowest BCUT2D eigenvalue weighted by molar-refractivity contribution is 0.585. The molecule has 2 heterocycles. The minimum atomic E-state index is -0.00243. The summed E-state index contributed by atoms with van der Waals surface area (Å²) in [6.07, 6.45) is 15.9. The molecule has 2 heteroatoms. The molecule has 5 aromatic carbocycles. The number of hydrogen-bond donors (Lipinski definition) is 0. The molecule has 0 spiro atoms. The molecule has 0 fully saturated rings. The zero-order valence-corrected chi connectivity index (χ0v) is 30.5. The molecular weight excluding hydrogens is 617 g/mol.